The van der Waals surface area contributed by atoms with Crippen molar-refractivity contribution in [1.29, 1.82) is 0 Å². The molecular formula is C22H26N8O3S. The summed E-state index contributed by atoms with van der Waals surface area (Å²) in [4.78, 5) is 34.3. The number of terminal acetylenes is 1. The van der Waals surface area contributed by atoms with Gasteiger partial charge in [-0.25, -0.2) is 19.7 Å². The van der Waals surface area contributed by atoms with Crippen LogP contribution in [0.15, 0.2) is 17.3 Å². The quantitative estimate of drug-likeness (QED) is 0.565. The average Bonchev–Trinajstić information content (AvgIpc) is 3.21. The minimum Gasteiger partial charge on any atom is -0.447 e. The number of anilines is 3. The first kappa shape index (κ1) is 22.3. The van der Waals surface area contributed by atoms with Gasteiger partial charge in [0, 0.05) is 50.7 Å². The van der Waals surface area contributed by atoms with Crippen LogP contribution in [0.2, 0.25) is 0 Å². The van der Waals surface area contributed by atoms with Gasteiger partial charge in [-0.2, -0.15) is 4.98 Å². The molecule has 0 bridgehead atoms. The Labute approximate surface area is 200 Å². The number of amides is 1. The Bertz CT molecular complexity index is 1150. The van der Waals surface area contributed by atoms with Gasteiger partial charge in [-0.1, -0.05) is 5.92 Å². The molecule has 3 aliphatic rings. The van der Waals surface area contributed by atoms with Gasteiger partial charge in [0.15, 0.2) is 0 Å². The topological polar surface area (TPSA) is 139 Å². The van der Waals surface area contributed by atoms with Crippen molar-refractivity contribution in [2.75, 3.05) is 53.7 Å². The molecule has 2 aromatic rings. The second-order valence-electron chi connectivity index (χ2n) is 8.70. The zero-order valence-electron chi connectivity index (χ0n) is 18.7. The molecule has 178 valence electrons. The first-order valence-corrected chi connectivity index (χ1v) is 12.6. The second-order valence-corrected chi connectivity index (χ2v) is 10.2. The Kier molecular flexibility index (Phi) is 5.95. The lowest BCUT2D eigenvalue weighted by Crippen LogP contribution is -2.50. The van der Waals surface area contributed by atoms with Crippen LogP contribution < -0.4 is 20.9 Å². The molecule has 11 nitrogen and oxygen atoms in total. The Morgan fingerprint density at radius 1 is 1.18 bits per heavy atom. The van der Waals surface area contributed by atoms with E-state index in [9.17, 15) is 9.00 Å². The minimum absolute atomic E-state index is 0.153. The number of carbonyl (C=O) groups excluding carboxylic acids is 1. The normalized spacial score (nSPS) is 20.7. The Morgan fingerprint density at radius 3 is 2.44 bits per heavy atom. The zero-order chi connectivity index (χ0) is 23.7. The lowest BCUT2D eigenvalue weighted by molar-refractivity contribution is 0.101. The van der Waals surface area contributed by atoms with Crippen LogP contribution in [0.5, 0.6) is 0 Å². The van der Waals surface area contributed by atoms with Crippen LogP contribution in [0.4, 0.5) is 22.5 Å². The molecule has 1 aliphatic carbocycles. The molecule has 2 aromatic heterocycles. The molecule has 1 amide bonds. The van der Waals surface area contributed by atoms with Crippen LogP contribution in [-0.2, 0) is 22.0 Å². The minimum atomic E-state index is -1.16. The van der Waals surface area contributed by atoms with Crippen molar-refractivity contribution in [3.8, 4) is 12.3 Å². The fraction of sp³-hybridized carbons (Fsp3) is 0.500. The van der Waals surface area contributed by atoms with E-state index in [0.717, 1.165) is 25.0 Å². The van der Waals surface area contributed by atoms with Gasteiger partial charge in [-0.3, -0.25) is 4.21 Å². The summed E-state index contributed by atoms with van der Waals surface area (Å²) >= 11 is 0. The molecule has 2 fully saturated rings. The standard InChI is InChI=1S/C22H26N8O3S/c1-2-15-12-24-20(25-13-15)29-7-9-30(10-8-29)21-26-16-4-11-34(32)17(16)18(27-21)28-22(5-3-6-22)14-33-19(23)31/h1,12-13H,3-11,14H2,(H2,23,31)(H,26,27,28)/t34-/m1/s1. The summed E-state index contributed by atoms with van der Waals surface area (Å²) in [7, 11) is -1.16. The van der Waals surface area contributed by atoms with Gasteiger partial charge >= 0.3 is 6.09 Å². The maximum atomic E-state index is 12.7. The summed E-state index contributed by atoms with van der Waals surface area (Å²) in [6.07, 6.45) is 11.2. The number of aryl methyl sites for hydroxylation is 1. The first-order valence-electron chi connectivity index (χ1n) is 11.2. The number of primary amides is 1. The van der Waals surface area contributed by atoms with Crippen molar-refractivity contribution >= 4 is 34.6 Å². The monoisotopic (exact) mass is 482 g/mol. The van der Waals surface area contributed by atoms with E-state index < -0.39 is 22.4 Å². The molecule has 0 aromatic carbocycles. The molecule has 34 heavy (non-hydrogen) atoms. The van der Waals surface area contributed by atoms with Crippen LogP contribution in [-0.4, -0.2) is 74.3 Å². The fourth-order valence-corrected chi connectivity index (χ4v) is 5.75. The lowest BCUT2D eigenvalue weighted by atomic mass is 9.77. The maximum Gasteiger partial charge on any atom is 0.404 e. The summed E-state index contributed by atoms with van der Waals surface area (Å²) in [5.74, 6) is 4.88. The number of rotatable bonds is 6. The number of ether oxygens (including phenoxy) is 1. The van der Waals surface area contributed by atoms with Crippen molar-refractivity contribution < 1.29 is 13.7 Å². The van der Waals surface area contributed by atoms with Crippen molar-refractivity contribution in [2.24, 2.45) is 5.73 Å². The van der Waals surface area contributed by atoms with Gasteiger partial charge in [0.05, 0.1) is 27.6 Å². The van der Waals surface area contributed by atoms with Crippen molar-refractivity contribution in [1.82, 2.24) is 19.9 Å². The van der Waals surface area contributed by atoms with Gasteiger partial charge in [-0.15, -0.1) is 6.42 Å². The van der Waals surface area contributed by atoms with Crippen molar-refractivity contribution in [2.45, 2.75) is 36.1 Å². The van der Waals surface area contributed by atoms with Gasteiger partial charge in [0.25, 0.3) is 0 Å². The molecule has 3 N–H and O–H groups in total. The van der Waals surface area contributed by atoms with Crippen molar-refractivity contribution in [3.63, 3.8) is 0 Å². The second kappa shape index (κ2) is 9.06. The Hall–Kier alpha value is -3.46. The predicted molar refractivity (Wildman–Crippen MR) is 127 cm³/mol. The molecule has 12 heteroatoms. The molecule has 1 saturated carbocycles. The van der Waals surface area contributed by atoms with Gasteiger partial charge < -0.3 is 25.6 Å². The van der Waals surface area contributed by atoms with E-state index in [1.54, 1.807) is 12.4 Å². The van der Waals surface area contributed by atoms with E-state index in [0.29, 0.717) is 66.5 Å². The number of hydrogen-bond donors (Lipinski definition) is 2. The number of carbonyl (C=O) groups is 1. The Balaban J connectivity index is 1.34. The van der Waals surface area contributed by atoms with Gasteiger partial charge in [-0.05, 0) is 19.3 Å². The van der Waals surface area contributed by atoms with Crippen LogP contribution >= 0.6 is 0 Å². The number of hydrogen-bond acceptors (Lipinski definition) is 10. The number of nitrogens with zero attached hydrogens (tertiary/aromatic N) is 6. The van der Waals surface area contributed by atoms with E-state index in [1.807, 2.05) is 0 Å². The molecule has 1 saturated heterocycles. The molecule has 4 heterocycles. The van der Waals surface area contributed by atoms with Gasteiger partial charge in [0.2, 0.25) is 11.9 Å². The molecule has 0 radical (unpaired) electrons. The number of piperazine rings is 1. The maximum absolute atomic E-state index is 12.7. The fourth-order valence-electron chi connectivity index (χ4n) is 4.45. The third-order valence-electron chi connectivity index (χ3n) is 6.51. The number of nitrogens with two attached hydrogens (primary N) is 1. The Morgan fingerprint density at radius 2 is 1.85 bits per heavy atom. The number of nitrogens with one attached hydrogen (secondary N) is 1. The predicted octanol–water partition coefficient (Wildman–Crippen LogP) is 0.668. The highest BCUT2D eigenvalue weighted by Gasteiger charge is 2.41. The third-order valence-corrected chi connectivity index (χ3v) is 7.97. The van der Waals surface area contributed by atoms with Crippen molar-refractivity contribution in [3.05, 3.63) is 23.7 Å². The van der Waals surface area contributed by atoms with Crippen LogP contribution in [0.25, 0.3) is 0 Å². The molecule has 1 atom stereocenters. The summed E-state index contributed by atoms with van der Waals surface area (Å²) in [6.45, 7) is 2.96. The van der Waals surface area contributed by atoms with Crippen LogP contribution in [0.1, 0.15) is 30.5 Å². The summed E-state index contributed by atoms with van der Waals surface area (Å²) < 4.78 is 17.8. The number of aromatic nitrogens is 4. The van der Waals surface area contributed by atoms with Gasteiger partial charge in [0.1, 0.15) is 17.3 Å². The average molecular weight is 483 g/mol. The summed E-state index contributed by atoms with van der Waals surface area (Å²) in [5.41, 5.74) is 6.20. The van der Waals surface area contributed by atoms with E-state index >= 15 is 0 Å². The summed E-state index contributed by atoms with van der Waals surface area (Å²) in [6, 6.07) is 0. The van der Waals surface area contributed by atoms with Crippen LogP contribution in [0.3, 0.4) is 0 Å². The largest absolute Gasteiger partial charge is 0.447 e. The van der Waals surface area contributed by atoms with E-state index in [2.05, 4.69) is 31.0 Å². The third kappa shape index (κ3) is 4.35. The van der Waals surface area contributed by atoms with E-state index in [4.69, 9.17) is 26.9 Å². The highest BCUT2D eigenvalue weighted by atomic mass is 32.2. The number of fused-ring (bicyclic) bond motifs is 1. The highest BCUT2D eigenvalue weighted by molar-refractivity contribution is 7.85. The SMILES string of the molecule is C#Cc1cnc(N2CCN(c3nc4c(c(NC5(COC(N)=O)CCC5)n3)[S@](=O)CC4)CC2)nc1. The molecule has 2 aliphatic heterocycles. The first-order chi connectivity index (χ1) is 16.5. The highest BCUT2D eigenvalue weighted by Crippen LogP contribution is 2.39. The molecule has 0 unspecified atom stereocenters. The molecule has 5 rings (SSSR count). The zero-order valence-corrected chi connectivity index (χ0v) is 19.5. The molecule has 0 spiro atoms. The smallest absolute Gasteiger partial charge is 0.404 e. The van der Waals surface area contributed by atoms with E-state index in [1.165, 1.54) is 0 Å². The van der Waals surface area contributed by atoms with Crippen LogP contribution in [0, 0.1) is 12.3 Å². The van der Waals surface area contributed by atoms with E-state index in [-0.39, 0.29) is 6.61 Å². The summed E-state index contributed by atoms with van der Waals surface area (Å²) in [5, 5.41) is 3.45. The lowest BCUT2D eigenvalue weighted by Gasteiger charge is -2.42. The molecular weight excluding hydrogens is 456 g/mol.